The van der Waals surface area contributed by atoms with E-state index >= 15 is 0 Å². The zero-order chi connectivity index (χ0) is 15.5. The minimum Gasteiger partial charge on any atom is -0.481 e. The number of aromatic nitrogens is 1. The van der Waals surface area contributed by atoms with Crippen molar-refractivity contribution in [1.29, 1.82) is 0 Å². The molecule has 114 valence electrons. The summed E-state index contributed by atoms with van der Waals surface area (Å²) >= 11 is 0. The van der Waals surface area contributed by atoms with Crippen LogP contribution in [-0.4, -0.2) is 35.1 Å². The van der Waals surface area contributed by atoms with Gasteiger partial charge < -0.3 is 15.7 Å². The molecule has 6 nitrogen and oxygen atoms in total. The maximum atomic E-state index is 11.7. The summed E-state index contributed by atoms with van der Waals surface area (Å²) in [6, 6.07) is 3.28. The molecule has 1 aliphatic heterocycles. The van der Waals surface area contributed by atoms with Gasteiger partial charge in [-0.1, -0.05) is 13.3 Å². The molecule has 0 radical (unpaired) electrons. The van der Waals surface area contributed by atoms with E-state index in [0.29, 0.717) is 37.3 Å². The summed E-state index contributed by atoms with van der Waals surface area (Å²) in [5.41, 5.74) is 4.96. The molecular formula is C15H21N3O3. The normalized spacial score (nSPS) is 22.0. The number of amides is 1. The summed E-state index contributed by atoms with van der Waals surface area (Å²) in [4.78, 5) is 29.4. The third-order valence-corrected chi connectivity index (χ3v) is 4.11. The van der Waals surface area contributed by atoms with Crippen molar-refractivity contribution in [3.05, 3.63) is 23.9 Å². The van der Waals surface area contributed by atoms with Gasteiger partial charge in [-0.05, 0) is 31.4 Å². The van der Waals surface area contributed by atoms with Gasteiger partial charge in [0.05, 0.1) is 11.0 Å². The van der Waals surface area contributed by atoms with Crippen LogP contribution in [0.2, 0.25) is 0 Å². The van der Waals surface area contributed by atoms with E-state index in [1.165, 1.54) is 0 Å². The van der Waals surface area contributed by atoms with E-state index in [4.69, 9.17) is 5.73 Å². The molecule has 1 aliphatic rings. The van der Waals surface area contributed by atoms with E-state index in [9.17, 15) is 14.7 Å². The number of pyridine rings is 1. The molecule has 1 fully saturated rings. The van der Waals surface area contributed by atoms with Crippen molar-refractivity contribution in [3.8, 4) is 0 Å². The molecule has 1 unspecified atom stereocenters. The number of primary amides is 1. The predicted octanol–water partition coefficient (Wildman–Crippen LogP) is 1.65. The van der Waals surface area contributed by atoms with Gasteiger partial charge in [0.2, 0.25) is 0 Å². The van der Waals surface area contributed by atoms with Crippen molar-refractivity contribution in [2.24, 2.45) is 11.1 Å². The van der Waals surface area contributed by atoms with E-state index in [0.717, 1.165) is 12.8 Å². The Labute approximate surface area is 124 Å². The first-order chi connectivity index (χ1) is 10.00. The van der Waals surface area contributed by atoms with Crippen molar-refractivity contribution in [2.45, 2.75) is 32.6 Å². The lowest BCUT2D eigenvalue weighted by molar-refractivity contribution is -0.150. The summed E-state index contributed by atoms with van der Waals surface area (Å²) in [5, 5.41) is 9.62. The van der Waals surface area contributed by atoms with Crippen molar-refractivity contribution in [3.63, 3.8) is 0 Å². The zero-order valence-corrected chi connectivity index (χ0v) is 12.2. The highest BCUT2D eigenvalue weighted by Gasteiger charge is 2.42. The summed E-state index contributed by atoms with van der Waals surface area (Å²) in [6.45, 7) is 3.04. The lowest BCUT2D eigenvalue weighted by Gasteiger charge is -2.40. The molecule has 0 spiro atoms. The summed E-state index contributed by atoms with van der Waals surface area (Å²) in [5.74, 6) is -0.822. The Balaban J connectivity index is 2.33. The molecule has 6 heteroatoms. The predicted molar refractivity (Wildman–Crippen MR) is 79.2 cm³/mol. The maximum Gasteiger partial charge on any atom is 0.311 e. The molecule has 0 aliphatic carbocycles. The number of rotatable bonds is 5. The minimum absolute atomic E-state index is 0.343. The third kappa shape index (κ3) is 2.99. The second-order valence-electron chi connectivity index (χ2n) is 5.60. The molecule has 1 saturated heterocycles. The van der Waals surface area contributed by atoms with Crippen LogP contribution in [0.5, 0.6) is 0 Å². The number of carboxylic acids is 1. The SMILES string of the molecule is CCCC1(C(=O)O)CCCN(c2ncccc2C(N)=O)C1. The molecule has 1 aromatic heterocycles. The van der Waals surface area contributed by atoms with Gasteiger partial charge in [-0.2, -0.15) is 0 Å². The van der Waals surface area contributed by atoms with Gasteiger partial charge in [0, 0.05) is 19.3 Å². The van der Waals surface area contributed by atoms with E-state index in [1.807, 2.05) is 11.8 Å². The number of carboxylic acid groups (broad SMARTS) is 1. The van der Waals surface area contributed by atoms with E-state index in [1.54, 1.807) is 18.3 Å². The average Bonchev–Trinajstić information content (AvgIpc) is 2.47. The molecular weight excluding hydrogens is 270 g/mol. The monoisotopic (exact) mass is 291 g/mol. The number of anilines is 1. The first-order valence-corrected chi connectivity index (χ1v) is 7.23. The highest BCUT2D eigenvalue weighted by molar-refractivity contribution is 5.97. The number of nitrogens with zero attached hydrogens (tertiary/aromatic N) is 2. The van der Waals surface area contributed by atoms with Crippen molar-refractivity contribution < 1.29 is 14.7 Å². The van der Waals surface area contributed by atoms with Gasteiger partial charge in [0.15, 0.2) is 0 Å². The molecule has 0 bridgehead atoms. The van der Waals surface area contributed by atoms with Crippen LogP contribution >= 0.6 is 0 Å². The molecule has 21 heavy (non-hydrogen) atoms. The molecule has 0 saturated carbocycles. The van der Waals surface area contributed by atoms with E-state index in [2.05, 4.69) is 4.98 Å². The number of hydrogen-bond acceptors (Lipinski definition) is 4. The first kappa shape index (κ1) is 15.3. The number of hydrogen-bond donors (Lipinski definition) is 2. The van der Waals surface area contributed by atoms with Gasteiger partial charge in [0.25, 0.3) is 5.91 Å². The van der Waals surface area contributed by atoms with Gasteiger partial charge in [-0.15, -0.1) is 0 Å². The molecule has 3 N–H and O–H groups in total. The molecule has 1 atom stereocenters. The van der Waals surface area contributed by atoms with Crippen LogP contribution in [0.15, 0.2) is 18.3 Å². The van der Waals surface area contributed by atoms with Crippen LogP contribution in [0.1, 0.15) is 43.0 Å². The fraction of sp³-hybridized carbons (Fsp3) is 0.533. The highest BCUT2D eigenvalue weighted by atomic mass is 16.4. The molecule has 2 rings (SSSR count). The Kier molecular flexibility index (Phi) is 4.45. The van der Waals surface area contributed by atoms with Crippen LogP contribution < -0.4 is 10.6 Å². The Morgan fingerprint density at radius 1 is 1.52 bits per heavy atom. The van der Waals surface area contributed by atoms with E-state index in [-0.39, 0.29) is 0 Å². The van der Waals surface area contributed by atoms with Crippen molar-refractivity contribution >= 4 is 17.7 Å². The number of carbonyl (C=O) groups is 2. The molecule has 1 aromatic rings. The summed E-state index contributed by atoms with van der Waals surface area (Å²) < 4.78 is 0. The van der Waals surface area contributed by atoms with Crippen molar-refractivity contribution in [1.82, 2.24) is 4.98 Å². The smallest absolute Gasteiger partial charge is 0.311 e. The number of aliphatic carboxylic acids is 1. The van der Waals surface area contributed by atoms with Crippen LogP contribution in [0.4, 0.5) is 5.82 Å². The van der Waals surface area contributed by atoms with Crippen molar-refractivity contribution in [2.75, 3.05) is 18.0 Å². The largest absolute Gasteiger partial charge is 0.481 e. The molecule has 1 amide bonds. The first-order valence-electron chi connectivity index (χ1n) is 7.23. The number of carbonyl (C=O) groups excluding carboxylic acids is 1. The Morgan fingerprint density at radius 2 is 2.29 bits per heavy atom. The Morgan fingerprint density at radius 3 is 2.90 bits per heavy atom. The zero-order valence-electron chi connectivity index (χ0n) is 12.2. The Hall–Kier alpha value is -2.11. The van der Waals surface area contributed by atoms with Gasteiger partial charge in [-0.25, -0.2) is 4.98 Å². The topological polar surface area (TPSA) is 96.5 Å². The standard InChI is InChI=1S/C15H21N3O3/c1-2-6-15(14(20)21)7-4-9-18(10-15)13-11(12(16)19)5-3-8-17-13/h3,5,8H,2,4,6-7,9-10H2,1H3,(H2,16,19)(H,20,21). The third-order valence-electron chi connectivity index (χ3n) is 4.11. The fourth-order valence-corrected chi connectivity index (χ4v) is 3.12. The second kappa shape index (κ2) is 6.11. The quantitative estimate of drug-likeness (QED) is 0.860. The van der Waals surface area contributed by atoms with Gasteiger partial charge in [0.1, 0.15) is 5.82 Å². The second-order valence-corrected chi connectivity index (χ2v) is 5.60. The Bertz CT molecular complexity index is 543. The summed E-state index contributed by atoms with van der Waals surface area (Å²) in [7, 11) is 0. The van der Waals surface area contributed by atoms with Crippen LogP contribution in [-0.2, 0) is 4.79 Å². The lowest BCUT2D eigenvalue weighted by atomic mass is 9.76. The summed E-state index contributed by atoms with van der Waals surface area (Å²) in [6.07, 6.45) is 4.45. The lowest BCUT2D eigenvalue weighted by Crippen LogP contribution is -2.48. The van der Waals surface area contributed by atoms with Gasteiger partial charge in [-0.3, -0.25) is 9.59 Å². The number of piperidine rings is 1. The molecule has 2 heterocycles. The fourth-order valence-electron chi connectivity index (χ4n) is 3.12. The average molecular weight is 291 g/mol. The highest BCUT2D eigenvalue weighted by Crippen LogP contribution is 2.37. The number of nitrogens with two attached hydrogens (primary N) is 1. The van der Waals surface area contributed by atoms with Gasteiger partial charge >= 0.3 is 5.97 Å². The van der Waals surface area contributed by atoms with Crippen LogP contribution in [0.25, 0.3) is 0 Å². The molecule has 0 aromatic carbocycles. The van der Waals surface area contributed by atoms with Crippen LogP contribution in [0.3, 0.4) is 0 Å². The minimum atomic E-state index is -0.773. The van der Waals surface area contributed by atoms with E-state index < -0.39 is 17.3 Å². The van der Waals surface area contributed by atoms with Crippen LogP contribution in [0, 0.1) is 5.41 Å². The maximum absolute atomic E-state index is 11.7.